The lowest BCUT2D eigenvalue weighted by Crippen LogP contribution is -2.05. The monoisotopic (exact) mass is 304 g/mol. The van der Waals surface area contributed by atoms with Crippen LogP contribution in [0.2, 0.25) is 0 Å². The molecule has 0 spiro atoms. The van der Waals surface area contributed by atoms with Crippen LogP contribution in [0.1, 0.15) is 82.3 Å². The molecule has 0 aliphatic heterocycles. The minimum absolute atomic E-state index is 0.0637. The van der Waals surface area contributed by atoms with E-state index in [1.54, 1.807) is 0 Å². The van der Waals surface area contributed by atoms with Crippen LogP contribution in [0.25, 0.3) is 0 Å². The predicted molar refractivity (Wildman–Crippen MR) is 92.8 cm³/mol. The van der Waals surface area contributed by atoms with E-state index in [0.29, 0.717) is 13.0 Å². The third-order valence-electron chi connectivity index (χ3n) is 4.13. The van der Waals surface area contributed by atoms with Crippen molar-refractivity contribution in [3.63, 3.8) is 0 Å². The summed E-state index contributed by atoms with van der Waals surface area (Å²) in [6, 6.07) is 8.05. The normalized spacial score (nSPS) is 10.6. The number of unbranched alkanes of at least 4 members (excludes halogenated alkanes) is 8. The number of benzene rings is 1. The molecule has 0 saturated heterocycles. The Kier molecular flexibility index (Phi) is 10.4. The van der Waals surface area contributed by atoms with Crippen LogP contribution in [0.4, 0.5) is 0 Å². The molecule has 1 aromatic rings. The lowest BCUT2D eigenvalue weighted by Gasteiger charge is -2.07. The van der Waals surface area contributed by atoms with Crippen molar-refractivity contribution in [2.24, 2.45) is 0 Å². The Labute approximate surface area is 136 Å². The zero-order valence-electron chi connectivity index (χ0n) is 14.4. The first-order valence-corrected chi connectivity index (χ1v) is 8.94. The molecule has 124 valence electrons. The van der Waals surface area contributed by atoms with Crippen LogP contribution in [0, 0.1) is 6.92 Å². The Balaban J connectivity index is 1.97. The van der Waals surface area contributed by atoms with Crippen LogP contribution in [0.3, 0.4) is 0 Å². The summed E-state index contributed by atoms with van der Waals surface area (Å²) in [4.78, 5) is 11.7. The molecule has 2 heteroatoms. The number of hydrogen-bond donors (Lipinski definition) is 0. The molecule has 0 aromatic heterocycles. The second kappa shape index (κ2) is 12.3. The van der Waals surface area contributed by atoms with Gasteiger partial charge < -0.3 is 4.74 Å². The molecular weight excluding hydrogens is 272 g/mol. The van der Waals surface area contributed by atoms with Crippen LogP contribution >= 0.6 is 0 Å². The van der Waals surface area contributed by atoms with Gasteiger partial charge in [-0.15, -0.1) is 0 Å². The molecule has 0 aliphatic carbocycles. The smallest absolute Gasteiger partial charge is 0.306 e. The first-order chi connectivity index (χ1) is 10.7. The van der Waals surface area contributed by atoms with Crippen LogP contribution in [-0.4, -0.2) is 5.97 Å². The van der Waals surface area contributed by atoms with E-state index in [1.165, 1.54) is 50.5 Å². The average molecular weight is 304 g/mol. The second-order valence-electron chi connectivity index (χ2n) is 6.17. The van der Waals surface area contributed by atoms with Gasteiger partial charge in [-0.1, -0.05) is 82.6 Å². The number of hydrogen-bond acceptors (Lipinski definition) is 2. The molecule has 22 heavy (non-hydrogen) atoms. The molecule has 0 radical (unpaired) electrons. The number of rotatable bonds is 12. The van der Waals surface area contributed by atoms with Gasteiger partial charge in [0, 0.05) is 6.42 Å². The molecule has 1 rings (SSSR count). The van der Waals surface area contributed by atoms with E-state index in [9.17, 15) is 4.79 Å². The fourth-order valence-electron chi connectivity index (χ4n) is 2.58. The van der Waals surface area contributed by atoms with Crippen molar-refractivity contribution in [1.82, 2.24) is 0 Å². The Morgan fingerprint density at radius 3 is 2.14 bits per heavy atom. The van der Waals surface area contributed by atoms with Crippen molar-refractivity contribution in [2.45, 2.75) is 84.7 Å². The maximum atomic E-state index is 11.7. The van der Waals surface area contributed by atoms with Crippen LogP contribution in [-0.2, 0) is 16.1 Å². The maximum absolute atomic E-state index is 11.7. The molecular formula is C20H32O2. The molecule has 0 aliphatic rings. The standard InChI is InChI=1S/C20H32O2/c1-3-4-5-6-7-8-9-10-11-16-20(21)22-17-19-15-13-12-14-18(19)2/h12-15H,3-11,16-17H2,1-2H3. The van der Waals surface area contributed by atoms with Crippen LogP contribution in [0.5, 0.6) is 0 Å². The summed E-state index contributed by atoms with van der Waals surface area (Å²) < 4.78 is 5.34. The molecule has 0 heterocycles. The van der Waals surface area contributed by atoms with Gasteiger partial charge in [0.05, 0.1) is 0 Å². The summed E-state index contributed by atoms with van der Waals surface area (Å²) in [6.45, 7) is 4.70. The number of ether oxygens (including phenoxy) is 1. The molecule has 0 unspecified atom stereocenters. The van der Waals surface area contributed by atoms with Crippen molar-refractivity contribution >= 4 is 5.97 Å². The summed E-state index contributed by atoms with van der Waals surface area (Å²) in [5.41, 5.74) is 2.28. The van der Waals surface area contributed by atoms with E-state index in [2.05, 4.69) is 6.92 Å². The quantitative estimate of drug-likeness (QED) is 0.352. The Hall–Kier alpha value is -1.31. The highest BCUT2D eigenvalue weighted by Gasteiger charge is 2.04. The Morgan fingerprint density at radius 2 is 1.50 bits per heavy atom. The predicted octanol–water partition coefficient (Wildman–Crippen LogP) is 5.96. The molecule has 0 atom stereocenters. The summed E-state index contributed by atoms with van der Waals surface area (Å²) in [5.74, 6) is -0.0637. The third kappa shape index (κ3) is 8.86. The van der Waals surface area contributed by atoms with Gasteiger partial charge >= 0.3 is 5.97 Å². The van der Waals surface area contributed by atoms with E-state index in [4.69, 9.17) is 4.74 Å². The van der Waals surface area contributed by atoms with E-state index in [-0.39, 0.29) is 5.97 Å². The Bertz CT molecular complexity index is 412. The first kappa shape index (κ1) is 18.7. The van der Waals surface area contributed by atoms with Gasteiger partial charge in [-0.25, -0.2) is 0 Å². The summed E-state index contributed by atoms with van der Waals surface area (Å²) in [5, 5.41) is 0. The number of aryl methyl sites for hydroxylation is 1. The third-order valence-corrected chi connectivity index (χ3v) is 4.13. The summed E-state index contributed by atoms with van der Waals surface area (Å²) in [6.07, 6.45) is 12.0. The van der Waals surface area contributed by atoms with Gasteiger partial charge in [-0.2, -0.15) is 0 Å². The average Bonchev–Trinajstić information content (AvgIpc) is 2.52. The Morgan fingerprint density at radius 1 is 0.909 bits per heavy atom. The fraction of sp³-hybridized carbons (Fsp3) is 0.650. The molecule has 0 amide bonds. The fourth-order valence-corrected chi connectivity index (χ4v) is 2.58. The topological polar surface area (TPSA) is 26.3 Å². The largest absolute Gasteiger partial charge is 0.461 e. The van der Waals surface area contributed by atoms with Gasteiger partial charge in [0.15, 0.2) is 0 Å². The number of esters is 1. The number of carbonyl (C=O) groups is 1. The van der Waals surface area contributed by atoms with Crippen molar-refractivity contribution in [1.29, 1.82) is 0 Å². The summed E-state index contributed by atoms with van der Waals surface area (Å²) >= 11 is 0. The summed E-state index contributed by atoms with van der Waals surface area (Å²) in [7, 11) is 0. The molecule has 0 fully saturated rings. The van der Waals surface area contributed by atoms with Crippen LogP contribution < -0.4 is 0 Å². The minimum atomic E-state index is -0.0637. The van der Waals surface area contributed by atoms with Crippen molar-refractivity contribution in [2.75, 3.05) is 0 Å². The van der Waals surface area contributed by atoms with E-state index < -0.39 is 0 Å². The van der Waals surface area contributed by atoms with E-state index in [0.717, 1.165) is 18.4 Å². The van der Waals surface area contributed by atoms with E-state index in [1.807, 2.05) is 31.2 Å². The van der Waals surface area contributed by atoms with Gasteiger partial charge in [0.2, 0.25) is 0 Å². The molecule has 0 saturated carbocycles. The van der Waals surface area contributed by atoms with Crippen molar-refractivity contribution < 1.29 is 9.53 Å². The van der Waals surface area contributed by atoms with Gasteiger partial charge in [-0.05, 0) is 24.5 Å². The lowest BCUT2D eigenvalue weighted by atomic mass is 10.1. The first-order valence-electron chi connectivity index (χ1n) is 8.94. The zero-order valence-corrected chi connectivity index (χ0v) is 14.4. The minimum Gasteiger partial charge on any atom is -0.461 e. The maximum Gasteiger partial charge on any atom is 0.306 e. The van der Waals surface area contributed by atoms with Gasteiger partial charge in [-0.3, -0.25) is 4.79 Å². The van der Waals surface area contributed by atoms with E-state index >= 15 is 0 Å². The lowest BCUT2D eigenvalue weighted by molar-refractivity contribution is -0.145. The van der Waals surface area contributed by atoms with Gasteiger partial charge in [0.1, 0.15) is 6.61 Å². The molecule has 1 aromatic carbocycles. The van der Waals surface area contributed by atoms with Gasteiger partial charge in [0.25, 0.3) is 0 Å². The zero-order chi connectivity index (χ0) is 16.0. The van der Waals surface area contributed by atoms with Crippen molar-refractivity contribution in [3.05, 3.63) is 35.4 Å². The SMILES string of the molecule is CCCCCCCCCCCC(=O)OCc1ccccc1C. The molecule has 2 nitrogen and oxygen atoms in total. The number of carbonyl (C=O) groups excluding carboxylic acids is 1. The molecule has 0 N–H and O–H groups in total. The highest BCUT2D eigenvalue weighted by atomic mass is 16.5. The van der Waals surface area contributed by atoms with Crippen molar-refractivity contribution in [3.8, 4) is 0 Å². The highest BCUT2D eigenvalue weighted by Crippen LogP contribution is 2.12. The second-order valence-corrected chi connectivity index (χ2v) is 6.17. The molecule has 0 bridgehead atoms. The van der Waals surface area contributed by atoms with Crippen LogP contribution in [0.15, 0.2) is 24.3 Å². The highest BCUT2D eigenvalue weighted by molar-refractivity contribution is 5.69.